The molecule has 4 aromatic rings. The average Bonchev–Trinajstić information content (AvgIpc) is 2.48. The Hall–Kier alpha value is -2.88. The number of aryl methyl sites for hydroxylation is 1. The molecule has 0 aliphatic rings. The Morgan fingerprint density at radius 3 is 2.00 bits per heavy atom. The van der Waals surface area contributed by atoms with Gasteiger partial charge in [-0.2, -0.15) is 0 Å². The molecule has 0 saturated heterocycles. The van der Waals surface area contributed by atoms with Crippen molar-refractivity contribution in [1.82, 2.24) is 0 Å². The molecule has 0 atom stereocenters. The van der Waals surface area contributed by atoms with E-state index in [1.165, 1.54) is 0 Å². The SMILES string of the molecule is Cc1cc(N)c2ccc3c(N)cc(N=O)c4ccc1c2c34. The van der Waals surface area contributed by atoms with Crippen LogP contribution >= 0.6 is 0 Å². The summed E-state index contributed by atoms with van der Waals surface area (Å²) in [7, 11) is 0. The van der Waals surface area contributed by atoms with Crippen LogP contribution in [-0.2, 0) is 0 Å². The Bertz CT molecular complexity index is 1020. The number of nitrogens with zero attached hydrogens (tertiary/aromatic N) is 1. The molecule has 0 spiro atoms. The van der Waals surface area contributed by atoms with Gasteiger partial charge in [-0.3, -0.25) is 0 Å². The number of benzene rings is 4. The highest BCUT2D eigenvalue weighted by Crippen LogP contribution is 2.43. The first-order chi connectivity index (χ1) is 10.1. The molecule has 0 aliphatic heterocycles. The van der Waals surface area contributed by atoms with Crippen molar-refractivity contribution in [2.45, 2.75) is 6.92 Å². The smallest absolute Gasteiger partial charge is 0.117 e. The maximum Gasteiger partial charge on any atom is 0.117 e. The van der Waals surface area contributed by atoms with Gasteiger partial charge in [-0.25, -0.2) is 0 Å². The van der Waals surface area contributed by atoms with E-state index in [0.29, 0.717) is 11.4 Å². The summed E-state index contributed by atoms with van der Waals surface area (Å²) in [5.41, 5.74) is 15.0. The first kappa shape index (κ1) is 11.9. The number of hydrogen-bond donors (Lipinski definition) is 2. The lowest BCUT2D eigenvalue weighted by Gasteiger charge is -2.15. The lowest BCUT2D eigenvalue weighted by atomic mass is 9.90. The number of nitrogens with two attached hydrogens (primary N) is 2. The summed E-state index contributed by atoms with van der Waals surface area (Å²) in [6, 6.07) is 11.5. The molecular weight excluding hydrogens is 262 g/mol. The third kappa shape index (κ3) is 1.39. The highest BCUT2D eigenvalue weighted by atomic mass is 16.3. The Balaban J connectivity index is 2.45. The van der Waals surface area contributed by atoms with Crippen LogP contribution in [0.1, 0.15) is 5.56 Å². The van der Waals surface area contributed by atoms with Crippen LogP contribution in [0.3, 0.4) is 0 Å². The molecule has 4 N–H and O–H groups in total. The minimum absolute atomic E-state index is 0.370. The van der Waals surface area contributed by atoms with Crippen molar-refractivity contribution in [3.8, 4) is 0 Å². The van der Waals surface area contributed by atoms with Gasteiger partial charge in [-0.1, -0.05) is 24.3 Å². The summed E-state index contributed by atoms with van der Waals surface area (Å²) in [5.74, 6) is 0. The number of rotatable bonds is 1. The first-order valence-electron chi connectivity index (χ1n) is 6.71. The average molecular weight is 275 g/mol. The monoisotopic (exact) mass is 275 g/mol. The summed E-state index contributed by atoms with van der Waals surface area (Å²) >= 11 is 0. The Labute approximate surface area is 120 Å². The van der Waals surface area contributed by atoms with Crippen LogP contribution in [-0.4, -0.2) is 0 Å². The molecule has 0 amide bonds. The number of hydrogen-bond acceptors (Lipinski definition) is 4. The molecular formula is C17H13N3O. The summed E-state index contributed by atoms with van der Waals surface area (Å²) in [5, 5.41) is 9.00. The zero-order valence-corrected chi connectivity index (χ0v) is 11.5. The van der Waals surface area contributed by atoms with Crippen LogP contribution in [0.25, 0.3) is 32.3 Å². The summed E-state index contributed by atoms with van der Waals surface area (Å²) in [6.07, 6.45) is 0. The zero-order valence-electron chi connectivity index (χ0n) is 11.5. The van der Waals surface area contributed by atoms with E-state index in [2.05, 4.69) is 5.18 Å². The van der Waals surface area contributed by atoms with Gasteiger partial charge in [0.15, 0.2) is 0 Å². The van der Waals surface area contributed by atoms with Crippen LogP contribution in [0.15, 0.2) is 41.6 Å². The maximum absolute atomic E-state index is 11.1. The topological polar surface area (TPSA) is 81.5 Å². The molecule has 0 bridgehead atoms. The first-order valence-corrected chi connectivity index (χ1v) is 6.71. The fourth-order valence-electron chi connectivity index (χ4n) is 3.29. The van der Waals surface area contributed by atoms with Crippen molar-refractivity contribution < 1.29 is 0 Å². The quantitative estimate of drug-likeness (QED) is 0.306. The van der Waals surface area contributed by atoms with Gasteiger partial charge in [-0.05, 0) is 40.6 Å². The van der Waals surface area contributed by atoms with Crippen molar-refractivity contribution in [2.75, 3.05) is 11.5 Å². The van der Waals surface area contributed by atoms with Gasteiger partial charge in [0.2, 0.25) is 0 Å². The van der Waals surface area contributed by atoms with Gasteiger partial charge in [0, 0.05) is 32.9 Å². The molecule has 4 nitrogen and oxygen atoms in total. The molecule has 0 radical (unpaired) electrons. The standard InChI is InChI=1S/C17H13N3O/c1-8-6-13(18)10-3-4-11-14(19)7-15(20-21)12-5-2-9(8)16(10)17(11)12/h2-7H,18-19H2,1H3. The van der Waals surface area contributed by atoms with Crippen LogP contribution < -0.4 is 11.5 Å². The summed E-state index contributed by atoms with van der Waals surface area (Å²) < 4.78 is 0. The van der Waals surface area contributed by atoms with Crippen LogP contribution in [0.5, 0.6) is 0 Å². The minimum atomic E-state index is 0.370. The maximum atomic E-state index is 11.1. The Kier molecular flexibility index (Phi) is 2.17. The van der Waals surface area contributed by atoms with Crippen molar-refractivity contribution in [2.24, 2.45) is 5.18 Å². The number of nitrogen functional groups attached to an aromatic ring is 2. The van der Waals surface area contributed by atoms with Gasteiger partial charge >= 0.3 is 0 Å². The van der Waals surface area contributed by atoms with Crippen LogP contribution in [0.2, 0.25) is 0 Å². The largest absolute Gasteiger partial charge is 0.398 e. The molecule has 102 valence electrons. The van der Waals surface area contributed by atoms with E-state index in [-0.39, 0.29) is 0 Å². The number of anilines is 2. The normalized spacial score (nSPS) is 11.7. The van der Waals surface area contributed by atoms with E-state index >= 15 is 0 Å². The third-order valence-corrected chi connectivity index (χ3v) is 4.25. The zero-order chi connectivity index (χ0) is 14.7. The second-order valence-electron chi connectivity index (χ2n) is 5.43. The molecule has 0 aromatic heterocycles. The molecule has 4 rings (SSSR count). The minimum Gasteiger partial charge on any atom is -0.398 e. The molecule has 0 saturated carbocycles. The van der Waals surface area contributed by atoms with Gasteiger partial charge in [0.1, 0.15) is 5.69 Å². The summed E-state index contributed by atoms with van der Waals surface area (Å²) in [6.45, 7) is 2.03. The molecule has 21 heavy (non-hydrogen) atoms. The molecule has 4 aromatic carbocycles. The van der Waals surface area contributed by atoms with E-state index in [9.17, 15) is 4.91 Å². The van der Waals surface area contributed by atoms with Crippen LogP contribution in [0, 0.1) is 11.8 Å². The second kappa shape index (κ2) is 3.82. The Morgan fingerprint density at radius 1 is 0.810 bits per heavy atom. The van der Waals surface area contributed by atoms with E-state index in [1.807, 2.05) is 37.3 Å². The molecule has 4 heteroatoms. The molecule has 0 unspecified atom stereocenters. The third-order valence-electron chi connectivity index (χ3n) is 4.25. The van der Waals surface area contributed by atoms with Crippen molar-refractivity contribution in [1.29, 1.82) is 0 Å². The van der Waals surface area contributed by atoms with Gasteiger partial charge < -0.3 is 11.5 Å². The molecule has 0 aliphatic carbocycles. The van der Waals surface area contributed by atoms with Gasteiger partial charge in [-0.15, -0.1) is 4.91 Å². The molecule has 0 heterocycles. The predicted molar refractivity (Wildman–Crippen MR) is 89.2 cm³/mol. The number of nitroso groups, excluding NO2 is 1. The lowest BCUT2D eigenvalue weighted by molar-refractivity contribution is 1.53. The van der Waals surface area contributed by atoms with E-state index in [4.69, 9.17) is 11.5 Å². The lowest BCUT2D eigenvalue weighted by Crippen LogP contribution is -1.94. The molecule has 0 fully saturated rings. The summed E-state index contributed by atoms with van der Waals surface area (Å²) in [4.78, 5) is 11.1. The van der Waals surface area contributed by atoms with Gasteiger partial charge in [0.05, 0.1) is 0 Å². The van der Waals surface area contributed by atoms with E-state index in [1.54, 1.807) is 6.07 Å². The van der Waals surface area contributed by atoms with Crippen molar-refractivity contribution in [3.63, 3.8) is 0 Å². The predicted octanol–water partition coefficient (Wildman–Crippen LogP) is 4.45. The highest BCUT2D eigenvalue weighted by Gasteiger charge is 2.15. The van der Waals surface area contributed by atoms with Crippen molar-refractivity contribution >= 4 is 49.4 Å². The van der Waals surface area contributed by atoms with E-state index < -0.39 is 0 Å². The highest BCUT2D eigenvalue weighted by molar-refractivity contribution is 6.29. The second-order valence-corrected chi connectivity index (χ2v) is 5.43. The van der Waals surface area contributed by atoms with Crippen LogP contribution in [0.4, 0.5) is 17.1 Å². The Morgan fingerprint density at radius 2 is 1.33 bits per heavy atom. The fraction of sp³-hybridized carbons (Fsp3) is 0.0588. The van der Waals surface area contributed by atoms with E-state index in [0.717, 1.165) is 43.6 Å². The van der Waals surface area contributed by atoms with Gasteiger partial charge in [0.25, 0.3) is 0 Å². The van der Waals surface area contributed by atoms with Crippen molar-refractivity contribution in [3.05, 3.63) is 46.9 Å². The fourth-order valence-corrected chi connectivity index (χ4v) is 3.29.